The summed E-state index contributed by atoms with van der Waals surface area (Å²) in [5.74, 6) is -1.95. The molecule has 1 aliphatic carbocycles. The highest BCUT2D eigenvalue weighted by atomic mass is 16.4. The Morgan fingerprint density at radius 1 is 1.09 bits per heavy atom. The molecule has 0 saturated heterocycles. The highest BCUT2D eigenvalue weighted by molar-refractivity contribution is 5.97. The van der Waals surface area contributed by atoms with Crippen molar-refractivity contribution in [3.05, 3.63) is 24.4 Å². The molecule has 1 fully saturated rings. The van der Waals surface area contributed by atoms with Gasteiger partial charge in [0, 0.05) is 6.20 Å². The van der Waals surface area contributed by atoms with Crippen LogP contribution in [0.5, 0.6) is 0 Å². The number of nitrogens with zero attached hydrogens (tertiary/aromatic N) is 1. The Labute approximate surface area is 198 Å². The minimum absolute atomic E-state index is 0.0244. The minimum Gasteiger partial charge on any atom is -0.481 e. The van der Waals surface area contributed by atoms with Crippen molar-refractivity contribution < 1.29 is 19.5 Å². The van der Waals surface area contributed by atoms with E-state index in [1.54, 1.807) is 24.4 Å². The monoisotopic (exact) mass is 459 g/mol. The number of aromatic nitrogens is 1. The summed E-state index contributed by atoms with van der Waals surface area (Å²) in [7, 11) is 0. The van der Waals surface area contributed by atoms with E-state index in [0.717, 1.165) is 25.7 Å². The zero-order valence-corrected chi connectivity index (χ0v) is 20.9. The van der Waals surface area contributed by atoms with E-state index in [2.05, 4.69) is 22.5 Å². The van der Waals surface area contributed by atoms with Crippen molar-refractivity contribution in [1.29, 1.82) is 0 Å². The van der Waals surface area contributed by atoms with E-state index in [1.165, 1.54) is 0 Å². The van der Waals surface area contributed by atoms with Crippen molar-refractivity contribution in [3.63, 3.8) is 0 Å². The molecule has 0 bridgehead atoms. The van der Waals surface area contributed by atoms with Gasteiger partial charge < -0.3 is 15.7 Å². The fourth-order valence-electron chi connectivity index (χ4n) is 4.83. The summed E-state index contributed by atoms with van der Waals surface area (Å²) < 4.78 is 0. The Morgan fingerprint density at radius 2 is 1.73 bits per heavy atom. The van der Waals surface area contributed by atoms with Crippen LogP contribution in [0.15, 0.2) is 24.4 Å². The van der Waals surface area contributed by atoms with Crippen molar-refractivity contribution in [2.45, 2.75) is 79.7 Å². The van der Waals surface area contributed by atoms with Crippen LogP contribution < -0.4 is 10.6 Å². The smallest absolute Gasteiger partial charge is 0.307 e. The number of anilines is 1. The van der Waals surface area contributed by atoms with E-state index in [-0.39, 0.29) is 23.7 Å². The Balaban J connectivity index is 2.27. The number of pyridine rings is 1. The molecule has 2 amide bonds. The normalized spacial score (nSPS) is 21.7. The number of carbonyl (C=O) groups excluding carboxylic acids is 2. The maximum absolute atomic E-state index is 13.6. The molecular formula is C26H41N3O4. The molecule has 1 heterocycles. The summed E-state index contributed by atoms with van der Waals surface area (Å²) >= 11 is 0. The van der Waals surface area contributed by atoms with Gasteiger partial charge in [0.1, 0.15) is 11.9 Å². The first kappa shape index (κ1) is 26.8. The summed E-state index contributed by atoms with van der Waals surface area (Å²) in [6.45, 7) is 11.8. The standard InChI is InChI=1S/C26H41N3O4/c1-16(2)15-19(21(25(32)33)18-12-10-17(3)11-13-18)23(30)29-22(26(4,5)6)24(31)28-20-9-7-8-14-27-20/h7-9,14,16-19,21-22H,10-13,15H2,1-6H3,(H,29,30)(H,32,33)(H,27,28,31)/t17?,18?,19-,21+,22-/m1/s1. The van der Waals surface area contributed by atoms with Crippen LogP contribution in [0.3, 0.4) is 0 Å². The molecule has 2 rings (SSSR count). The van der Waals surface area contributed by atoms with Gasteiger partial charge in [-0.25, -0.2) is 4.98 Å². The van der Waals surface area contributed by atoms with Gasteiger partial charge in [-0.1, -0.05) is 60.5 Å². The van der Waals surface area contributed by atoms with E-state index in [9.17, 15) is 19.5 Å². The number of rotatable bonds is 9. The predicted octanol–water partition coefficient (Wildman–Crippen LogP) is 4.74. The third-order valence-corrected chi connectivity index (χ3v) is 6.68. The lowest BCUT2D eigenvalue weighted by molar-refractivity contribution is -0.151. The van der Waals surface area contributed by atoms with Gasteiger partial charge in [0.15, 0.2) is 0 Å². The lowest BCUT2D eigenvalue weighted by atomic mass is 9.69. The number of amides is 2. The van der Waals surface area contributed by atoms with Gasteiger partial charge in [-0.15, -0.1) is 0 Å². The number of carboxylic acids is 1. The zero-order valence-electron chi connectivity index (χ0n) is 20.9. The van der Waals surface area contributed by atoms with Gasteiger partial charge in [0.05, 0.1) is 11.8 Å². The van der Waals surface area contributed by atoms with Crippen molar-refractivity contribution in [2.24, 2.45) is 35.0 Å². The molecule has 1 saturated carbocycles. The predicted molar refractivity (Wildman–Crippen MR) is 129 cm³/mol. The molecule has 1 aliphatic rings. The third kappa shape index (κ3) is 7.83. The highest BCUT2D eigenvalue weighted by Crippen LogP contribution is 2.39. The summed E-state index contributed by atoms with van der Waals surface area (Å²) in [4.78, 5) is 43.2. The fraction of sp³-hybridized carbons (Fsp3) is 0.692. The Morgan fingerprint density at radius 3 is 2.21 bits per heavy atom. The molecule has 1 aromatic heterocycles. The van der Waals surface area contributed by atoms with Crippen molar-refractivity contribution in [1.82, 2.24) is 10.3 Å². The number of nitrogens with one attached hydrogen (secondary N) is 2. The van der Waals surface area contributed by atoms with Crippen LogP contribution in [0.25, 0.3) is 0 Å². The molecule has 7 nitrogen and oxygen atoms in total. The second kappa shape index (κ2) is 11.6. The Bertz CT molecular complexity index is 796. The van der Waals surface area contributed by atoms with Gasteiger partial charge in [-0.05, 0) is 54.6 Å². The van der Waals surface area contributed by atoms with Crippen LogP contribution in [0.2, 0.25) is 0 Å². The van der Waals surface area contributed by atoms with Crippen molar-refractivity contribution >= 4 is 23.6 Å². The largest absolute Gasteiger partial charge is 0.481 e. The first-order valence-corrected chi connectivity index (χ1v) is 12.1. The third-order valence-electron chi connectivity index (χ3n) is 6.68. The maximum atomic E-state index is 13.6. The Hall–Kier alpha value is -2.44. The van der Waals surface area contributed by atoms with Gasteiger partial charge >= 0.3 is 5.97 Å². The number of carboxylic acid groups (broad SMARTS) is 1. The van der Waals surface area contributed by atoms with Crippen LogP contribution in [0.1, 0.15) is 73.6 Å². The first-order valence-electron chi connectivity index (χ1n) is 12.1. The molecule has 3 atom stereocenters. The fourth-order valence-corrected chi connectivity index (χ4v) is 4.83. The SMILES string of the molecule is CC(C)C[C@@H](C(=O)N[C@H](C(=O)Nc1ccccn1)C(C)(C)C)[C@@H](C(=O)O)C1CCC(C)CC1. The minimum atomic E-state index is -0.916. The summed E-state index contributed by atoms with van der Waals surface area (Å²) in [5, 5.41) is 15.9. The Kier molecular flexibility index (Phi) is 9.44. The van der Waals surface area contributed by atoms with Gasteiger partial charge in [0.25, 0.3) is 0 Å². The molecule has 0 radical (unpaired) electrons. The molecule has 184 valence electrons. The average molecular weight is 460 g/mol. The van der Waals surface area contributed by atoms with E-state index in [1.807, 2.05) is 34.6 Å². The van der Waals surface area contributed by atoms with E-state index in [4.69, 9.17) is 0 Å². The lowest BCUT2D eigenvalue weighted by Gasteiger charge is -2.37. The van der Waals surface area contributed by atoms with Crippen LogP contribution in [0.4, 0.5) is 5.82 Å². The number of hydrogen-bond donors (Lipinski definition) is 3. The second-order valence-corrected chi connectivity index (χ2v) is 11.1. The molecular weight excluding hydrogens is 418 g/mol. The average Bonchev–Trinajstić information content (AvgIpc) is 2.72. The maximum Gasteiger partial charge on any atom is 0.307 e. The summed E-state index contributed by atoms with van der Waals surface area (Å²) in [5.41, 5.74) is -0.574. The highest BCUT2D eigenvalue weighted by Gasteiger charge is 2.43. The molecule has 0 unspecified atom stereocenters. The van der Waals surface area contributed by atoms with Crippen LogP contribution in [-0.2, 0) is 14.4 Å². The van der Waals surface area contributed by atoms with Gasteiger partial charge in [0.2, 0.25) is 11.8 Å². The van der Waals surface area contributed by atoms with Gasteiger partial charge in [-0.3, -0.25) is 14.4 Å². The van der Waals surface area contributed by atoms with E-state index in [0.29, 0.717) is 18.2 Å². The van der Waals surface area contributed by atoms with Crippen LogP contribution in [0, 0.1) is 35.0 Å². The summed E-state index contributed by atoms with van der Waals surface area (Å²) in [6.07, 6.45) is 5.67. The second-order valence-electron chi connectivity index (χ2n) is 11.1. The molecule has 0 spiro atoms. The molecule has 0 aromatic carbocycles. The number of aliphatic carboxylic acids is 1. The van der Waals surface area contributed by atoms with Crippen LogP contribution in [-0.4, -0.2) is 33.9 Å². The van der Waals surface area contributed by atoms with E-state index < -0.39 is 29.3 Å². The number of carbonyl (C=O) groups is 3. The van der Waals surface area contributed by atoms with Gasteiger partial charge in [-0.2, -0.15) is 0 Å². The lowest BCUT2D eigenvalue weighted by Crippen LogP contribution is -2.54. The van der Waals surface area contributed by atoms with Crippen molar-refractivity contribution in [2.75, 3.05) is 5.32 Å². The quantitative estimate of drug-likeness (QED) is 0.494. The molecule has 33 heavy (non-hydrogen) atoms. The zero-order chi connectivity index (χ0) is 24.8. The molecule has 0 aliphatic heterocycles. The molecule has 7 heteroatoms. The first-order chi connectivity index (χ1) is 15.4. The van der Waals surface area contributed by atoms with Crippen LogP contribution >= 0.6 is 0 Å². The molecule has 1 aromatic rings. The van der Waals surface area contributed by atoms with E-state index >= 15 is 0 Å². The van der Waals surface area contributed by atoms with Crippen molar-refractivity contribution in [3.8, 4) is 0 Å². The number of hydrogen-bond acceptors (Lipinski definition) is 4. The summed E-state index contributed by atoms with van der Waals surface area (Å²) in [6, 6.07) is 4.38. The topological polar surface area (TPSA) is 108 Å². The molecule has 3 N–H and O–H groups in total.